The first-order valence-electron chi connectivity index (χ1n) is 3.62. The van der Waals surface area contributed by atoms with Gasteiger partial charge in [-0.15, -0.1) is 16.4 Å². The highest BCUT2D eigenvalue weighted by Gasteiger charge is 2.00. The summed E-state index contributed by atoms with van der Waals surface area (Å²) in [4.78, 5) is 1.22. The molecule has 0 atom stereocenters. The fraction of sp³-hybridized carbons (Fsp3) is 0.143. The van der Waals surface area contributed by atoms with E-state index in [9.17, 15) is 0 Å². The van der Waals surface area contributed by atoms with Gasteiger partial charge in [0.05, 0.1) is 12.7 Å². The molecule has 2 rings (SSSR count). The molecule has 0 bridgehead atoms. The smallest absolute Gasteiger partial charge is 0.165 e. The van der Waals surface area contributed by atoms with Crippen LogP contribution in [0.5, 0.6) is 0 Å². The molecule has 4 nitrogen and oxygen atoms in total. The Morgan fingerprint density at radius 1 is 1.62 bits per heavy atom. The molecule has 2 aromatic rings. The average Bonchev–Trinajstić information content (AvgIpc) is 2.62. The number of nitrogen functional groups attached to an aromatic ring is 1. The lowest BCUT2D eigenvalue weighted by Gasteiger charge is -1.94. The van der Waals surface area contributed by atoms with Crippen LogP contribution in [-0.4, -0.2) is 15.0 Å². The molecule has 2 heterocycles. The molecule has 0 fully saturated rings. The van der Waals surface area contributed by atoms with Gasteiger partial charge in [-0.05, 0) is 22.0 Å². The van der Waals surface area contributed by atoms with E-state index in [0.717, 1.165) is 11.0 Å². The highest BCUT2D eigenvalue weighted by atomic mass is 79.9. The highest BCUT2D eigenvalue weighted by molar-refractivity contribution is 9.10. The van der Waals surface area contributed by atoms with Gasteiger partial charge in [0.15, 0.2) is 5.82 Å². The molecule has 0 aliphatic rings. The topological polar surface area (TPSA) is 56.7 Å². The first-order valence-corrected chi connectivity index (χ1v) is 5.30. The zero-order valence-corrected chi connectivity index (χ0v) is 9.05. The Morgan fingerprint density at radius 2 is 2.46 bits per heavy atom. The van der Waals surface area contributed by atoms with Gasteiger partial charge in [0.25, 0.3) is 0 Å². The van der Waals surface area contributed by atoms with E-state index in [1.165, 1.54) is 4.88 Å². The molecule has 0 aliphatic heterocycles. The van der Waals surface area contributed by atoms with Crippen LogP contribution in [0.3, 0.4) is 0 Å². The maximum Gasteiger partial charge on any atom is 0.165 e. The van der Waals surface area contributed by atoms with Gasteiger partial charge in [-0.25, -0.2) is 4.68 Å². The Morgan fingerprint density at radius 3 is 3.00 bits per heavy atom. The molecule has 0 amide bonds. The minimum atomic E-state index is 0.454. The summed E-state index contributed by atoms with van der Waals surface area (Å²) in [6.45, 7) is 0.723. The summed E-state index contributed by atoms with van der Waals surface area (Å²) in [5, 5.41) is 9.59. The second-order valence-corrected chi connectivity index (χ2v) is 4.48. The van der Waals surface area contributed by atoms with Crippen molar-refractivity contribution in [1.29, 1.82) is 0 Å². The average molecular weight is 259 g/mol. The molecular weight excluding hydrogens is 252 g/mol. The monoisotopic (exact) mass is 258 g/mol. The van der Waals surface area contributed by atoms with Crippen LogP contribution in [-0.2, 0) is 6.54 Å². The molecule has 0 saturated heterocycles. The van der Waals surface area contributed by atoms with Crippen LogP contribution in [0.2, 0.25) is 0 Å². The van der Waals surface area contributed by atoms with Gasteiger partial charge in [-0.1, -0.05) is 5.21 Å². The zero-order chi connectivity index (χ0) is 9.26. The lowest BCUT2D eigenvalue weighted by Crippen LogP contribution is -1.98. The first-order chi connectivity index (χ1) is 6.24. The molecule has 0 unspecified atom stereocenters. The predicted octanol–water partition coefficient (Wildman–Crippen LogP) is 1.73. The largest absolute Gasteiger partial charge is 0.381 e. The number of nitrogens with two attached hydrogens (primary N) is 1. The maximum atomic E-state index is 5.44. The zero-order valence-electron chi connectivity index (χ0n) is 6.64. The number of nitrogens with zero attached hydrogens (tertiary/aromatic N) is 3. The Balaban J connectivity index is 2.14. The van der Waals surface area contributed by atoms with Crippen molar-refractivity contribution in [1.82, 2.24) is 15.0 Å². The predicted molar refractivity (Wildman–Crippen MR) is 55.6 cm³/mol. The first kappa shape index (κ1) is 8.71. The Hall–Kier alpha value is -0.880. The summed E-state index contributed by atoms with van der Waals surface area (Å²) < 4.78 is 2.81. The molecule has 2 N–H and O–H groups in total. The maximum absolute atomic E-state index is 5.44. The molecule has 0 aromatic carbocycles. The van der Waals surface area contributed by atoms with Crippen LogP contribution in [0.4, 0.5) is 5.82 Å². The Labute approximate surface area is 87.5 Å². The number of rotatable bonds is 2. The molecule has 0 radical (unpaired) electrons. The van der Waals surface area contributed by atoms with Crippen LogP contribution in [0, 0.1) is 0 Å². The van der Waals surface area contributed by atoms with E-state index in [2.05, 4.69) is 32.3 Å². The van der Waals surface area contributed by atoms with Crippen LogP contribution < -0.4 is 5.73 Å². The van der Waals surface area contributed by atoms with E-state index in [1.54, 1.807) is 22.2 Å². The Kier molecular flexibility index (Phi) is 2.32. The van der Waals surface area contributed by atoms with Crippen LogP contribution in [0.1, 0.15) is 4.88 Å². The summed E-state index contributed by atoms with van der Waals surface area (Å²) in [5.74, 6) is 0.454. The second kappa shape index (κ2) is 3.47. The van der Waals surface area contributed by atoms with Crippen molar-refractivity contribution in [2.45, 2.75) is 6.54 Å². The summed E-state index contributed by atoms with van der Waals surface area (Å²) in [5.41, 5.74) is 5.44. The highest BCUT2D eigenvalue weighted by Crippen LogP contribution is 2.20. The quantitative estimate of drug-likeness (QED) is 0.893. The van der Waals surface area contributed by atoms with Gasteiger partial charge in [0.1, 0.15) is 0 Å². The van der Waals surface area contributed by atoms with Crippen molar-refractivity contribution in [3.8, 4) is 0 Å². The van der Waals surface area contributed by atoms with E-state index in [1.807, 2.05) is 5.38 Å². The number of aromatic nitrogens is 3. The van der Waals surface area contributed by atoms with E-state index < -0.39 is 0 Å². The normalized spacial score (nSPS) is 10.5. The third-order valence-electron chi connectivity index (χ3n) is 1.50. The summed E-state index contributed by atoms with van der Waals surface area (Å²) in [7, 11) is 0. The van der Waals surface area contributed by atoms with Gasteiger partial charge in [0, 0.05) is 14.7 Å². The van der Waals surface area contributed by atoms with Crippen LogP contribution >= 0.6 is 27.3 Å². The van der Waals surface area contributed by atoms with E-state index in [-0.39, 0.29) is 0 Å². The lowest BCUT2D eigenvalue weighted by atomic mass is 10.5. The fourth-order valence-electron chi connectivity index (χ4n) is 0.987. The van der Waals surface area contributed by atoms with Crippen molar-refractivity contribution in [3.63, 3.8) is 0 Å². The minimum absolute atomic E-state index is 0.454. The fourth-order valence-corrected chi connectivity index (χ4v) is 2.43. The molecule has 13 heavy (non-hydrogen) atoms. The Bertz CT molecular complexity index is 370. The van der Waals surface area contributed by atoms with E-state index >= 15 is 0 Å². The van der Waals surface area contributed by atoms with E-state index in [0.29, 0.717) is 5.82 Å². The van der Waals surface area contributed by atoms with Crippen LogP contribution in [0.15, 0.2) is 22.1 Å². The van der Waals surface area contributed by atoms with Gasteiger partial charge in [0.2, 0.25) is 0 Å². The standard InChI is InChI=1S/C7H7BrN4S/c8-5-1-6(13-4-5)2-12-3-7(9)10-11-12/h1,3-4H,2,9H2. The number of halogens is 1. The molecule has 0 spiro atoms. The van der Waals surface area contributed by atoms with Gasteiger partial charge in [-0.2, -0.15) is 0 Å². The summed E-state index contributed by atoms with van der Waals surface area (Å²) in [6, 6.07) is 2.06. The molecule has 6 heteroatoms. The van der Waals surface area contributed by atoms with Crippen molar-refractivity contribution in [2.75, 3.05) is 5.73 Å². The second-order valence-electron chi connectivity index (χ2n) is 2.57. The van der Waals surface area contributed by atoms with Crippen molar-refractivity contribution in [3.05, 3.63) is 27.0 Å². The third-order valence-corrected chi connectivity index (χ3v) is 3.18. The number of hydrogen-bond donors (Lipinski definition) is 1. The number of anilines is 1. The third kappa shape index (κ3) is 2.07. The van der Waals surface area contributed by atoms with Crippen molar-refractivity contribution in [2.24, 2.45) is 0 Å². The minimum Gasteiger partial charge on any atom is -0.381 e. The molecule has 0 saturated carbocycles. The van der Waals surface area contributed by atoms with Crippen LogP contribution in [0.25, 0.3) is 0 Å². The summed E-state index contributed by atoms with van der Waals surface area (Å²) >= 11 is 5.07. The molecule has 0 aliphatic carbocycles. The molecule has 68 valence electrons. The van der Waals surface area contributed by atoms with Crippen molar-refractivity contribution >= 4 is 33.1 Å². The van der Waals surface area contributed by atoms with E-state index in [4.69, 9.17) is 5.73 Å². The lowest BCUT2D eigenvalue weighted by molar-refractivity contribution is 0.656. The van der Waals surface area contributed by atoms with Gasteiger partial charge in [-0.3, -0.25) is 0 Å². The molecular formula is C7H7BrN4S. The number of hydrogen-bond acceptors (Lipinski definition) is 4. The van der Waals surface area contributed by atoms with Gasteiger partial charge < -0.3 is 5.73 Å². The van der Waals surface area contributed by atoms with Crippen molar-refractivity contribution < 1.29 is 0 Å². The molecule has 2 aromatic heterocycles. The number of thiophene rings is 1. The summed E-state index contributed by atoms with van der Waals surface area (Å²) in [6.07, 6.45) is 1.72. The van der Waals surface area contributed by atoms with Gasteiger partial charge >= 0.3 is 0 Å². The SMILES string of the molecule is Nc1cn(Cc2cc(Br)cs2)nn1.